The van der Waals surface area contributed by atoms with Crippen LogP contribution in [0.25, 0.3) is 0 Å². The Bertz CT molecular complexity index is 518. The molecule has 0 radical (unpaired) electrons. The number of nitrogens with one attached hydrogen (secondary N) is 2. The van der Waals surface area contributed by atoms with E-state index in [4.69, 9.17) is 0 Å². The minimum atomic E-state index is -0.524. The first-order valence-electron chi connectivity index (χ1n) is 7.23. The van der Waals surface area contributed by atoms with Crippen LogP contribution >= 0.6 is 0 Å². The van der Waals surface area contributed by atoms with Crippen molar-refractivity contribution in [2.45, 2.75) is 45.1 Å². The highest BCUT2D eigenvalue weighted by molar-refractivity contribution is 5.93. The summed E-state index contributed by atoms with van der Waals surface area (Å²) >= 11 is 0. The van der Waals surface area contributed by atoms with Crippen LogP contribution in [0.15, 0.2) is 17.1 Å². The zero-order valence-corrected chi connectivity index (χ0v) is 11.8. The van der Waals surface area contributed by atoms with Crippen LogP contribution in [-0.2, 0) is 0 Å². The second kappa shape index (κ2) is 6.70. The lowest BCUT2D eigenvalue weighted by Gasteiger charge is -2.26. The van der Waals surface area contributed by atoms with E-state index in [-0.39, 0.29) is 23.5 Å². The number of rotatable bonds is 4. The first kappa shape index (κ1) is 14.8. The largest absolute Gasteiger partial charge is 0.391 e. The number of aliphatic hydroxyl groups is 1. The van der Waals surface area contributed by atoms with Gasteiger partial charge < -0.3 is 15.4 Å². The molecule has 110 valence electrons. The van der Waals surface area contributed by atoms with Crippen LogP contribution in [0.1, 0.15) is 48.2 Å². The highest BCUT2D eigenvalue weighted by atomic mass is 16.3. The molecule has 2 rings (SSSR count). The Morgan fingerprint density at radius 3 is 2.80 bits per heavy atom. The van der Waals surface area contributed by atoms with E-state index in [1.807, 2.05) is 0 Å². The highest BCUT2D eigenvalue weighted by Crippen LogP contribution is 2.26. The van der Waals surface area contributed by atoms with E-state index in [9.17, 15) is 14.7 Å². The fourth-order valence-corrected chi connectivity index (χ4v) is 2.73. The van der Waals surface area contributed by atoms with E-state index in [0.29, 0.717) is 5.69 Å². The van der Waals surface area contributed by atoms with E-state index in [0.717, 1.165) is 25.7 Å². The Kier molecular flexibility index (Phi) is 4.95. The Labute approximate surface area is 118 Å². The minimum absolute atomic E-state index is 0.0893. The third kappa shape index (κ3) is 3.70. The summed E-state index contributed by atoms with van der Waals surface area (Å²) in [6, 6.07) is 1.40. The van der Waals surface area contributed by atoms with Crippen LogP contribution in [0.4, 0.5) is 0 Å². The number of carbonyl (C=O) groups is 1. The van der Waals surface area contributed by atoms with Crippen molar-refractivity contribution in [3.05, 3.63) is 33.7 Å². The average molecular weight is 278 g/mol. The van der Waals surface area contributed by atoms with Crippen LogP contribution in [0, 0.1) is 12.8 Å². The number of aromatic amines is 1. The van der Waals surface area contributed by atoms with Gasteiger partial charge >= 0.3 is 0 Å². The third-order valence-electron chi connectivity index (χ3n) is 3.97. The van der Waals surface area contributed by atoms with Crippen molar-refractivity contribution >= 4 is 5.91 Å². The van der Waals surface area contributed by atoms with Crippen molar-refractivity contribution < 1.29 is 9.90 Å². The van der Waals surface area contributed by atoms with Gasteiger partial charge in [-0.2, -0.15) is 0 Å². The number of amides is 1. The van der Waals surface area contributed by atoms with E-state index in [2.05, 4.69) is 10.3 Å². The Morgan fingerprint density at radius 1 is 1.45 bits per heavy atom. The number of hydrogen-bond acceptors (Lipinski definition) is 3. The van der Waals surface area contributed by atoms with Gasteiger partial charge in [0, 0.05) is 24.5 Å². The predicted octanol–water partition coefficient (Wildman–Crippen LogP) is 1.35. The number of H-pyrrole nitrogens is 1. The number of pyridine rings is 1. The van der Waals surface area contributed by atoms with Gasteiger partial charge in [0.05, 0.1) is 6.10 Å². The number of carbonyl (C=O) groups excluding carboxylic acids is 1. The van der Waals surface area contributed by atoms with Crippen LogP contribution < -0.4 is 10.7 Å². The fraction of sp³-hybridized carbons (Fsp3) is 0.600. The molecule has 0 unspecified atom stereocenters. The van der Waals surface area contributed by atoms with Gasteiger partial charge in [-0.15, -0.1) is 0 Å². The summed E-state index contributed by atoms with van der Waals surface area (Å²) in [6.45, 7) is 1.97. The summed E-state index contributed by atoms with van der Waals surface area (Å²) in [7, 11) is 0. The molecular formula is C15H22N2O3. The average Bonchev–Trinajstić information content (AvgIpc) is 2.45. The smallest absolute Gasteiger partial charge is 0.256 e. The van der Waals surface area contributed by atoms with Gasteiger partial charge in [-0.25, -0.2) is 0 Å². The lowest BCUT2D eigenvalue weighted by molar-refractivity contribution is 0.0737. The number of aromatic nitrogens is 1. The molecule has 1 aliphatic rings. The molecule has 0 saturated heterocycles. The number of aliphatic hydroxyl groups excluding tert-OH is 1. The van der Waals surface area contributed by atoms with E-state index in [1.54, 1.807) is 6.92 Å². The van der Waals surface area contributed by atoms with Gasteiger partial charge in [-0.3, -0.25) is 9.59 Å². The molecule has 20 heavy (non-hydrogen) atoms. The molecule has 1 fully saturated rings. The van der Waals surface area contributed by atoms with Crippen LogP contribution in [-0.4, -0.2) is 28.6 Å². The van der Waals surface area contributed by atoms with Gasteiger partial charge in [0.1, 0.15) is 5.56 Å². The van der Waals surface area contributed by atoms with Gasteiger partial charge in [0.2, 0.25) is 0 Å². The zero-order chi connectivity index (χ0) is 14.5. The second-order valence-electron chi connectivity index (χ2n) is 5.57. The molecule has 5 nitrogen and oxygen atoms in total. The van der Waals surface area contributed by atoms with Crippen molar-refractivity contribution in [3.8, 4) is 0 Å². The van der Waals surface area contributed by atoms with Crippen molar-refractivity contribution in [3.63, 3.8) is 0 Å². The molecule has 0 aliphatic heterocycles. The fourth-order valence-electron chi connectivity index (χ4n) is 2.73. The van der Waals surface area contributed by atoms with Gasteiger partial charge in [-0.05, 0) is 25.7 Å². The summed E-state index contributed by atoms with van der Waals surface area (Å²) in [6.07, 6.45) is 6.45. The lowest BCUT2D eigenvalue weighted by Crippen LogP contribution is -2.38. The Balaban J connectivity index is 1.89. The summed E-state index contributed by atoms with van der Waals surface area (Å²) in [5, 5.41) is 12.7. The zero-order valence-electron chi connectivity index (χ0n) is 11.8. The maximum absolute atomic E-state index is 11.9. The quantitative estimate of drug-likeness (QED) is 0.777. The Morgan fingerprint density at radius 2 is 2.15 bits per heavy atom. The van der Waals surface area contributed by atoms with E-state index >= 15 is 0 Å². The molecular weight excluding hydrogens is 256 g/mol. The normalized spacial score (nSPS) is 17.7. The maximum Gasteiger partial charge on any atom is 0.256 e. The number of aryl methyl sites for hydroxylation is 1. The number of hydrogen-bond donors (Lipinski definition) is 3. The van der Waals surface area contributed by atoms with Crippen molar-refractivity contribution in [1.82, 2.24) is 10.3 Å². The molecule has 3 N–H and O–H groups in total. The monoisotopic (exact) mass is 278 g/mol. The van der Waals surface area contributed by atoms with Gasteiger partial charge in [0.15, 0.2) is 5.43 Å². The van der Waals surface area contributed by atoms with Gasteiger partial charge in [-0.1, -0.05) is 19.3 Å². The topological polar surface area (TPSA) is 82.2 Å². The first-order chi connectivity index (χ1) is 9.58. The molecule has 1 aliphatic carbocycles. The van der Waals surface area contributed by atoms with Crippen LogP contribution in [0.5, 0.6) is 0 Å². The highest BCUT2D eigenvalue weighted by Gasteiger charge is 2.22. The SMILES string of the molecule is Cc1cc(=O)c(C(=O)NC[C@H](O)C2CCCCC2)c[nH]1. The third-order valence-corrected chi connectivity index (χ3v) is 3.97. The van der Waals surface area contributed by atoms with Crippen LogP contribution in [0.2, 0.25) is 0 Å². The van der Waals surface area contributed by atoms with Gasteiger partial charge in [0.25, 0.3) is 5.91 Å². The molecule has 0 aromatic carbocycles. The molecule has 0 bridgehead atoms. The second-order valence-corrected chi connectivity index (χ2v) is 5.57. The minimum Gasteiger partial charge on any atom is -0.391 e. The molecule has 1 aromatic rings. The van der Waals surface area contributed by atoms with Crippen molar-refractivity contribution in [2.75, 3.05) is 6.54 Å². The Hall–Kier alpha value is -1.62. The molecule has 1 heterocycles. The summed E-state index contributed by atoms with van der Waals surface area (Å²) in [5.74, 6) is -0.165. The maximum atomic E-state index is 11.9. The summed E-state index contributed by atoms with van der Waals surface area (Å²) < 4.78 is 0. The van der Waals surface area contributed by atoms with Crippen molar-refractivity contribution in [1.29, 1.82) is 0 Å². The molecule has 1 atom stereocenters. The van der Waals surface area contributed by atoms with Crippen LogP contribution in [0.3, 0.4) is 0 Å². The predicted molar refractivity (Wildman–Crippen MR) is 76.7 cm³/mol. The molecule has 5 heteroatoms. The molecule has 1 amide bonds. The molecule has 0 spiro atoms. The lowest BCUT2D eigenvalue weighted by atomic mass is 9.85. The van der Waals surface area contributed by atoms with Crippen molar-refractivity contribution in [2.24, 2.45) is 5.92 Å². The first-order valence-corrected chi connectivity index (χ1v) is 7.23. The van der Waals surface area contributed by atoms with E-state index in [1.165, 1.54) is 18.7 Å². The molecule has 1 saturated carbocycles. The molecule has 1 aromatic heterocycles. The summed E-state index contributed by atoms with van der Waals surface area (Å²) in [5.41, 5.74) is 0.506. The van der Waals surface area contributed by atoms with E-state index < -0.39 is 12.0 Å². The summed E-state index contributed by atoms with van der Waals surface area (Å²) in [4.78, 5) is 26.5. The standard InChI is InChI=1S/C15H22N2O3/c1-10-7-13(18)12(8-16-10)15(20)17-9-14(19)11-5-3-2-4-6-11/h7-8,11,14,19H,2-6,9H2,1H3,(H,16,18)(H,17,20)/t14-/m0/s1.